The number of nitrogens with zero attached hydrogens (tertiary/aromatic N) is 1. The number of aliphatic hydroxyl groups is 1. The zero-order valence-electron chi connectivity index (χ0n) is 16.8. The molecular formula is C21H23F3N2O4S. The predicted octanol–water partition coefficient (Wildman–Crippen LogP) is 3.02. The average Bonchev–Trinajstić information content (AvgIpc) is 2.73. The molecule has 31 heavy (non-hydrogen) atoms. The van der Waals surface area contributed by atoms with Gasteiger partial charge in [-0.3, -0.25) is 4.79 Å². The summed E-state index contributed by atoms with van der Waals surface area (Å²) < 4.78 is 65.0. The number of amides is 1. The minimum atomic E-state index is -4.51. The molecule has 0 radical (unpaired) electrons. The average molecular weight is 456 g/mol. The van der Waals surface area contributed by atoms with Crippen LogP contribution in [0, 0.1) is 6.92 Å². The number of carbonyl (C=O) groups is 1. The first-order valence-electron chi connectivity index (χ1n) is 9.71. The minimum absolute atomic E-state index is 0.0189. The van der Waals surface area contributed by atoms with Crippen molar-refractivity contribution in [2.45, 2.75) is 43.0 Å². The molecule has 10 heteroatoms. The van der Waals surface area contributed by atoms with Crippen LogP contribution in [0.5, 0.6) is 0 Å². The van der Waals surface area contributed by atoms with Crippen molar-refractivity contribution >= 4 is 15.9 Å². The fourth-order valence-electron chi connectivity index (χ4n) is 3.42. The molecule has 1 saturated heterocycles. The summed E-state index contributed by atoms with van der Waals surface area (Å²) in [6.45, 7) is 2.20. The molecule has 1 heterocycles. The van der Waals surface area contributed by atoms with Gasteiger partial charge in [0.2, 0.25) is 10.0 Å². The lowest BCUT2D eigenvalue weighted by Gasteiger charge is -2.32. The lowest BCUT2D eigenvalue weighted by atomic mass is 10.0. The van der Waals surface area contributed by atoms with Crippen molar-refractivity contribution in [1.29, 1.82) is 0 Å². The van der Waals surface area contributed by atoms with Gasteiger partial charge in [0.1, 0.15) is 0 Å². The first-order chi connectivity index (χ1) is 14.5. The van der Waals surface area contributed by atoms with Gasteiger partial charge in [-0.05, 0) is 49.6 Å². The number of alkyl halides is 3. The van der Waals surface area contributed by atoms with Crippen LogP contribution in [0.25, 0.3) is 0 Å². The van der Waals surface area contributed by atoms with Crippen LogP contribution in [0.3, 0.4) is 0 Å². The number of hydrogen-bond donors (Lipinski definition) is 2. The van der Waals surface area contributed by atoms with Crippen LogP contribution >= 0.6 is 0 Å². The van der Waals surface area contributed by atoms with Gasteiger partial charge in [-0.25, -0.2) is 8.42 Å². The Bertz CT molecular complexity index is 1020. The minimum Gasteiger partial charge on any atom is -0.378 e. The summed E-state index contributed by atoms with van der Waals surface area (Å²) in [5.74, 6) is -0.792. The van der Waals surface area contributed by atoms with Crippen molar-refractivity contribution < 1.29 is 31.5 Å². The molecule has 2 unspecified atom stereocenters. The Balaban J connectivity index is 1.65. The number of hydrogen-bond acceptors (Lipinski definition) is 4. The molecule has 168 valence electrons. The standard InChI is InChI=1S/C21H23F3N2O4S/c1-14-4-10-18(11-5-14)31(29,30)26-12-2-3-17(13-26)25-20(28)19(27)15-6-8-16(9-7-15)21(22,23)24/h4-11,17,19,27H,2-3,12-13H2,1H3,(H,25,28). The third-order valence-electron chi connectivity index (χ3n) is 5.19. The number of halogens is 3. The fraction of sp³-hybridized carbons (Fsp3) is 0.381. The van der Waals surface area contributed by atoms with E-state index in [-0.39, 0.29) is 17.0 Å². The Kier molecular flexibility index (Phi) is 6.73. The number of aryl methyl sites for hydroxylation is 1. The Hall–Kier alpha value is -2.43. The van der Waals surface area contributed by atoms with Gasteiger partial charge in [0.05, 0.1) is 10.5 Å². The molecule has 1 fully saturated rings. The van der Waals surface area contributed by atoms with Crippen LogP contribution in [0.2, 0.25) is 0 Å². The fourth-order valence-corrected chi connectivity index (χ4v) is 4.95. The number of sulfonamides is 1. The van der Waals surface area contributed by atoms with Crippen molar-refractivity contribution in [3.05, 3.63) is 65.2 Å². The largest absolute Gasteiger partial charge is 0.416 e. The monoisotopic (exact) mass is 456 g/mol. The van der Waals surface area contributed by atoms with Crippen molar-refractivity contribution in [2.75, 3.05) is 13.1 Å². The molecule has 0 saturated carbocycles. The van der Waals surface area contributed by atoms with Gasteiger partial charge >= 0.3 is 6.18 Å². The van der Waals surface area contributed by atoms with Gasteiger partial charge in [-0.2, -0.15) is 17.5 Å². The highest BCUT2D eigenvalue weighted by Crippen LogP contribution is 2.30. The lowest BCUT2D eigenvalue weighted by molar-refractivity contribution is -0.137. The Morgan fingerprint density at radius 1 is 1.13 bits per heavy atom. The van der Waals surface area contributed by atoms with Crippen LogP contribution < -0.4 is 5.32 Å². The molecule has 3 rings (SSSR count). The molecule has 2 atom stereocenters. The summed E-state index contributed by atoms with van der Waals surface area (Å²) in [6, 6.07) is 9.62. The SMILES string of the molecule is Cc1ccc(S(=O)(=O)N2CCCC(NC(=O)C(O)c3ccc(C(F)(F)F)cc3)C2)cc1. The smallest absolute Gasteiger partial charge is 0.378 e. The first-order valence-corrected chi connectivity index (χ1v) is 11.1. The van der Waals surface area contributed by atoms with Crippen LogP contribution in [0.1, 0.15) is 35.6 Å². The Morgan fingerprint density at radius 3 is 2.32 bits per heavy atom. The molecule has 0 aliphatic carbocycles. The topological polar surface area (TPSA) is 86.7 Å². The highest BCUT2D eigenvalue weighted by molar-refractivity contribution is 7.89. The summed E-state index contributed by atoms with van der Waals surface area (Å²) in [7, 11) is -3.73. The summed E-state index contributed by atoms with van der Waals surface area (Å²) in [4.78, 5) is 12.6. The van der Waals surface area contributed by atoms with Gasteiger partial charge in [-0.1, -0.05) is 29.8 Å². The number of aliphatic hydroxyl groups excluding tert-OH is 1. The maximum atomic E-state index is 12.9. The highest BCUT2D eigenvalue weighted by Gasteiger charge is 2.33. The number of nitrogens with one attached hydrogen (secondary N) is 1. The van der Waals surface area contributed by atoms with E-state index in [1.165, 1.54) is 16.4 Å². The molecule has 1 amide bonds. The number of benzene rings is 2. The van der Waals surface area contributed by atoms with Crippen molar-refractivity contribution in [3.8, 4) is 0 Å². The summed E-state index contributed by atoms with van der Waals surface area (Å²) in [5, 5.41) is 12.8. The van der Waals surface area contributed by atoms with Crippen LogP contribution in [-0.4, -0.2) is 42.9 Å². The Morgan fingerprint density at radius 2 is 1.74 bits per heavy atom. The molecular weight excluding hydrogens is 433 g/mol. The molecule has 1 aliphatic heterocycles. The summed E-state index contributed by atoms with van der Waals surface area (Å²) in [5.41, 5.74) is 0.0681. The van der Waals surface area contributed by atoms with E-state index in [1.807, 2.05) is 6.92 Å². The van der Waals surface area contributed by atoms with E-state index in [4.69, 9.17) is 0 Å². The van der Waals surface area contributed by atoms with E-state index < -0.39 is 39.8 Å². The van der Waals surface area contributed by atoms with Crippen molar-refractivity contribution in [1.82, 2.24) is 9.62 Å². The van der Waals surface area contributed by atoms with E-state index in [0.29, 0.717) is 19.4 Å². The number of rotatable bonds is 5. The molecule has 2 N–H and O–H groups in total. The van der Waals surface area contributed by atoms with E-state index >= 15 is 0 Å². The third kappa shape index (κ3) is 5.44. The van der Waals surface area contributed by atoms with E-state index in [1.54, 1.807) is 12.1 Å². The zero-order valence-corrected chi connectivity index (χ0v) is 17.6. The van der Waals surface area contributed by atoms with Crippen LogP contribution in [0.4, 0.5) is 13.2 Å². The van der Waals surface area contributed by atoms with Crippen LogP contribution in [0.15, 0.2) is 53.4 Å². The van der Waals surface area contributed by atoms with Gasteiger partial charge in [-0.15, -0.1) is 0 Å². The van der Waals surface area contributed by atoms with Gasteiger partial charge < -0.3 is 10.4 Å². The highest BCUT2D eigenvalue weighted by atomic mass is 32.2. The number of carbonyl (C=O) groups excluding carboxylic acids is 1. The van der Waals surface area contributed by atoms with E-state index in [2.05, 4.69) is 5.32 Å². The second-order valence-electron chi connectivity index (χ2n) is 7.55. The second kappa shape index (κ2) is 8.97. The maximum absolute atomic E-state index is 12.9. The summed E-state index contributed by atoms with van der Waals surface area (Å²) >= 11 is 0. The quantitative estimate of drug-likeness (QED) is 0.724. The third-order valence-corrected chi connectivity index (χ3v) is 7.07. The molecule has 2 aromatic carbocycles. The van der Waals surface area contributed by atoms with Gasteiger partial charge in [0, 0.05) is 19.1 Å². The first kappa shape index (κ1) is 23.2. The normalized spacial score (nSPS) is 19.1. The zero-order chi connectivity index (χ0) is 22.8. The van der Waals surface area contributed by atoms with Crippen molar-refractivity contribution in [3.63, 3.8) is 0 Å². The second-order valence-corrected chi connectivity index (χ2v) is 9.48. The maximum Gasteiger partial charge on any atom is 0.416 e. The molecule has 2 aromatic rings. The predicted molar refractivity (Wildman–Crippen MR) is 108 cm³/mol. The van der Waals surface area contributed by atoms with Gasteiger partial charge in [0.25, 0.3) is 5.91 Å². The molecule has 0 spiro atoms. The Labute approximate surface area is 178 Å². The van der Waals surface area contributed by atoms with Crippen molar-refractivity contribution in [2.24, 2.45) is 0 Å². The number of piperidine rings is 1. The molecule has 0 aromatic heterocycles. The lowest BCUT2D eigenvalue weighted by Crippen LogP contribution is -2.50. The molecule has 1 aliphatic rings. The van der Waals surface area contributed by atoms with E-state index in [0.717, 1.165) is 29.8 Å². The summed E-state index contributed by atoms with van der Waals surface area (Å²) in [6.07, 6.45) is -5.13. The van der Waals surface area contributed by atoms with E-state index in [9.17, 15) is 31.5 Å². The molecule has 0 bridgehead atoms. The van der Waals surface area contributed by atoms with Gasteiger partial charge in [0.15, 0.2) is 6.10 Å². The molecule has 6 nitrogen and oxygen atoms in total. The van der Waals surface area contributed by atoms with Crippen LogP contribution in [-0.2, 0) is 21.0 Å².